The van der Waals surface area contributed by atoms with E-state index < -0.39 is 17.6 Å². The largest absolute Gasteiger partial charge is 0.493 e. The molecule has 2 amide bonds. The van der Waals surface area contributed by atoms with Crippen molar-refractivity contribution >= 4 is 11.9 Å². The van der Waals surface area contributed by atoms with Crippen LogP contribution < -0.4 is 5.69 Å². The zero-order chi connectivity index (χ0) is 9.42. The molecule has 0 atom stereocenters. The Hall–Kier alpha value is -2.25. The number of nitrogens with zero attached hydrogens (tertiary/aromatic N) is 3. The van der Waals surface area contributed by atoms with Crippen molar-refractivity contribution in [3.63, 3.8) is 0 Å². The summed E-state index contributed by atoms with van der Waals surface area (Å²) in [6.45, 7) is 0. The second-order valence-electron chi connectivity index (χ2n) is 2.22. The van der Waals surface area contributed by atoms with Crippen LogP contribution in [0.4, 0.5) is 4.79 Å². The molecule has 2 heterocycles. The van der Waals surface area contributed by atoms with Gasteiger partial charge < -0.3 is 5.11 Å². The molecule has 13 heavy (non-hydrogen) atoms. The molecule has 1 aromatic heterocycles. The van der Waals surface area contributed by atoms with Crippen LogP contribution in [0, 0.1) is 0 Å². The van der Waals surface area contributed by atoms with E-state index in [9.17, 15) is 9.59 Å². The number of urea groups is 1. The van der Waals surface area contributed by atoms with Crippen LogP contribution in [0.5, 0.6) is 5.88 Å². The third-order valence-corrected chi connectivity index (χ3v) is 1.36. The Labute approximate surface area is 70.0 Å². The minimum absolute atomic E-state index is 0.0420. The minimum Gasteiger partial charge on any atom is -0.493 e. The predicted octanol–water partition coefficient (Wildman–Crippen LogP) is -0.259. The first-order valence-electron chi connectivity index (χ1n) is 3.23. The van der Waals surface area contributed by atoms with Crippen molar-refractivity contribution < 1.29 is 9.90 Å². The maximum Gasteiger partial charge on any atom is 0.387 e. The highest BCUT2D eigenvalue weighted by atomic mass is 16.3. The number of H-pyrrole nitrogens is 2. The van der Waals surface area contributed by atoms with Crippen LogP contribution in [-0.2, 0) is 0 Å². The molecule has 66 valence electrons. The SMILES string of the molecule is O=C1N=NC(c2[nH]c(=O)[nH]c2O)=N1. The second-order valence-corrected chi connectivity index (χ2v) is 2.22. The average molecular weight is 181 g/mol. The first-order chi connectivity index (χ1) is 6.16. The quantitative estimate of drug-likeness (QED) is 0.552. The summed E-state index contributed by atoms with van der Waals surface area (Å²) in [4.78, 5) is 28.8. The molecule has 8 nitrogen and oxygen atoms in total. The summed E-state index contributed by atoms with van der Waals surface area (Å²) in [7, 11) is 0. The van der Waals surface area contributed by atoms with Gasteiger partial charge in [-0.25, -0.2) is 9.59 Å². The van der Waals surface area contributed by atoms with Crippen molar-refractivity contribution in [3.8, 4) is 5.88 Å². The number of aliphatic imine (C=N–C) groups is 1. The molecule has 0 aromatic carbocycles. The van der Waals surface area contributed by atoms with Crippen LogP contribution in [0.3, 0.4) is 0 Å². The Morgan fingerprint density at radius 1 is 1.15 bits per heavy atom. The first kappa shape index (κ1) is 7.40. The second kappa shape index (κ2) is 2.37. The molecular formula is C5H3N5O3. The number of aromatic nitrogens is 2. The highest BCUT2D eigenvalue weighted by Crippen LogP contribution is 2.13. The van der Waals surface area contributed by atoms with Gasteiger partial charge in [0.15, 0.2) is 5.69 Å². The lowest BCUT2D eigenvalue weighted by Gasteiger charge is -1.88. The van der Waals surface area contributed by atoms with Crippen LogP contribution in [-0.4, -0.2) is 26.9 Å². The number of carbonyl (C=O) groups excluding carboxylic acids is 1. The highest BCUT2D eigenvalue weighted by molar-refractivity contribution is 6.08. The van der Waals surface area contributed by atoms with Crippen LogP contribution in [0.1, 0.15) is 5.69 Å². The van der Waals surface area contributed by atoms with E-state index in [1.54, 1.807) is 0 Å². The molecule has 1 aromatic rings. The molecule has 0 unspecified atom stereocenters. The monoisotopic (exact) mass is 181 g/mol. The van der Waals surface area contributed by atoms with Gasteiger partial charge in [-0.2, -0.15) is 4.99 Å². The number of aromatic amines is 2. The van der Waals surface area contributed by atoms with Crippen LogP contribution in [0.15, 0.2) is 20.0 Å². The van der Waals surface area contributed by atoms with Gasteiger partial charge in [0.05, 0.1) is 0 Å². The number of azo groups is 1. The highest BCUT2D eigenvalue weighted by Gasteiger charge is 2.18. The number of hydrogen-bond acceptors (Lipinski definition) is 4. The van der Waals surface area contributed by atoms with Crippen LogP contribution in [0.25, 0.3) is 0 Å². The summed E-state index contributed by atoms with van der Waals surface area (Å²) in [6, 6.07) is -0.767. The zero-order valence-electron chi connectivity index (χ0n) is 6.11. The molecule has 8 heteroatoms. The first-order valence-corrected chi connectivity index (χ1v) is 3.23. The van der Waals surface area contributed by atoms with Gasteiger partial charge >= 0.3 is 11.7 Å². The molecule has 1 aliphatic rings. The van der Waals surface area contributed by atoms with Gasteiger partial charge in [0, 0.05) is 0 Å². The minimum atomic E-state index is -0.767. The number of rotatable bonds is 1. The van der Waals surface area contributed by atoms with Crippen molar-refractivity contribution in [2.75, 3.05) is 0 Å². The summed E-state index contributed by atoms with van der Waals surface area (Å²) in [6.07, 6.45) is 0. The number of imidazole rings is 1. The predicted molar refractivity (Wildman–Crippen MR) is 39.9 cm³/mol. The summed E-state index contributed by atoms with van der Waals surface area (Å²) in [5.41, 5.74) is -0.649. The number of aromatic hydroxyl groups is 1. The summed E-state index contributed by atoms with van der Waals surface area (Å²) < 4.78 is 0. The lowest BCUT2D eigenvalue weighted by atomic mass is 10.4. The fourth-order valence-corrected chi connectivity index (χ4v) is 0.867. The molecule has 0 aliphatic carbocycles. The van der Waals surface area contributed by atoms with Crippen molar-refractivity contribution in [1.82, 2.24) is 9.97 Å². The molecule has 0 spiro atoms. The molecule has 0 radical (unpaired) electrons. The average Bonchev–Trinajstić information content (AvgIpc) is 2.58. The maximum absolute atomic E-state index is 10.7. The van der Waals surface area contributed by atoms with E-state index in [1.807, 2.05) is 4.98 Å². The molecule has 2 rings (SSSR count). The number of amides is 2. The molecular weight excluding hydrogens is 178 g/mol. The number of nitrogens with one attached hydrogen (secondary N) is 2. The topological polar surface area (TPSA) is 123 Å². The van der Waals surface area contributed by atoms with Crippen LogP contribution in [0.2, 0.25) is 0 Å². The van der Waals surface area contributed by atoms with Gasteiger partial charge in [-0.1, -0.05) is 5.11 Å². The smallest absolute Gasteiger partial charge is 0.387 e. The number of carbonyl (C=O) groups is 1. The fraction of sp³-hybridized carbons (Fsp3) is 0. The number of hydrogen-bond donors (Lipinski definition) is 3. The Morgan fingerprint density at radius 3 is 2.38 bits per heavy atom. The number of amidine groups is 1. The maximum atomic E-state index is 10.7. The van der Waals surface area contributed by atoms with Crippen molar-refractivity contribution in [2.45, 2.75) is 0 Å². The van der Waals surface area contributed by atoms with Gasteiger partial charge in [0.2, 0.25) is 11.7 Å². The van der Waals surface area contributed by atoms with E-state index in [0.717, 1.165) is 0 Å². The summed E-state index contributed by atoms with van der Waals surface area (Å²) in [5.74, 6) is -0.529. The Balaban J connectivity index is 2.53. The van der Waals surface area contributed by atoms with Gasteiger partial charge in [0.1, 0.15) is 0 Å². The van der Waals surface area contributed by atoms with Gasteiger partial charge in [-0.05, 0) is 0 Å². The normalized spacial score (nSPS) is 15.1. The fourth-order valence-electron chi connectivity index (χ4n) is 0.867. The standard InChI is InChI=1S/C5H3N5O3/c11-3-1(6-4(12)8-3)2-7-5(13)10-9-2/h11H,(H2,6,8,12). The summed E-state index contributed by atoms with van der Waals surface area (Å²) >= 11 is 0. The zero-order valence-corrected chi connectivity index (χ0v) is 6.11. The van der Waals surface area contributed by atoms with E-state index in [1.165, 1.54) is 0 Å². The van der Waals surface area contributed by atoms with Gasteiger partial charge in [0.25, 0.3) is 0 Å². The third kappa shape index (κ3) is 1.13. The molecule has 0 bridgehead atoms. The van der Waals surface area contributed by atoms with Crippen molar-refractivity contribution in [1.29, 1.82) is 0 Å². The third-order valence-electron chi connectivity index (χ3n) is 1.36. The van der Waals surface area contributed by atoms with E-state index in [4.69, 9.17) is 5.11 Å². The molecule has 0 fully saturated rings. The van der Waals surface area contributed by atoms with Gasteiger partial charge in [-0.3, -0.25) is 9.97 Å². The van der Waals surface area contributed by atoms with Crippen molar-refractivity contribution in [2.24, 2.45) is 15.2 Å². The Morgan fingerprint density at radius 2 is 1.92 bits per heavy atom. The van der Waals surface area contributed by atoms with E-state index in [-0.39, 0.29) is 11.5 Å². The lowest BCUT2D eigenvalue weighted by molar-refractivity contribution is 0.257. The molecule has 1 aliphatic heterocycles. The van der Waals surface area contributed by atoms with E-state index >= 15 is 0 Å². The Kier molecular flexibility index (Phi) is 1.35. The molecule has 3 N–H and O–H groups in total. The summed E-state index contributed by atoms with van der Waals surface area (Å²) in [5, 5.41) is 15.5. The van der Waals surface area contributed by atoms with Crippen LogP contribution >= 0.6 is 0 Å². The van der Waals surface area contributed by atoms with E-state index in [0.29, 0.717) is 0 Å². The molecule has 0 saturated carbocycles. The molecule has 0 saturated heterocycles. The van der Waals surface area contributed by atoms with E-state index in [2.05, 4.69) is 20.2 Å². The van der Waals surface area contributed by atoms with Gasteiger partial charge in [-0.15, -0.1) is 5.11 Å². The lowest BCUT2D eigenvalue weighted by Crippen LogP contribution is -2.03. The Bertz CT molecular complexity index is 479. The van der Waals surface area contributed by atoms with Crippen molar-refractivity contribution in [3.05, 3.63) is 16.2 Å².